The molecule has 0 aromatic heterocycles. The van der Waals surface area contributed by atoms with E-state index in [9.17, 15) is 8.42 Å². The normalized spacial score (nSPS) is 11.7. The van der Waals surface area contributed by atoms with Gasteiger partial charge in [-0.1, -0.05) is 11.6 Å². The maximum absolute atomic E-state index is 12.0. The van der Waals surface area contributed by atoms with E-state index in [0.29, 0.717) is 23.6 Å². The van der Waals surface area contributed by atoms with Gasteiger partial charge in [-0.25, -0.2) is 13.1 Å². The molecule has 0 spiro atoms. The largest absolute Gasteiger partial charge is 0.394 e. The Morgan fingerprint density at radius 3 is 2.74 bits per heavy atom. The topological polar surface area (TPSA) is 75.6 Å². The summed E-state index contributed by atoms with van der Waals surface area (Å²) >= 11 is 5.79. The van der Waals surface area contributed by atoms with Crippen LogP contribution in [0, 0.1) is 6.92 Å². The predicted octanol–water partition coefficient (Wildman–Crippen LogP) is 1.33. The van der Waals surface area contributed by atoms with E-state index in [4.69, 9.17) is 21.4 Å². The Balaban J connectivity index is 2.52. The summed E-state index contributed by atoms with van der Waals surface area (Å²) in [6, 6.07) is 4.65. The summed E-state index contributed by atoms with van der Waals surface area (Å²) < 4.78 is 31.6. The van der Waals surface area contributed by atoms with Crippen LogP contribution in [-0.4, -0.2) is 39.9 Å². The van der Waals surface area contributed by atoms with Crippen LogP contribution in [0.5, 0.6) is 0 Å². The molecule has 0 fully saturated rings. The van der Waals surface area contributed by atoms with Gasteiger partial charge in [-0.05, 0) is 37.1 Å². The Hall–Kier alpha value is -0.660. The molecule has 1 aromatic rings. The zero-order valence-corrected chi connectivity index (χ0v) is 12.3. The molecule has 1 rings (SSSR count). The first-order chi connectivity index (χ1) is 8.97. The fourth-order valence-corrected chi connectivity index (χ4v) is 3.06. The second-order valence-electron chi connectivity index (χ2n) is 4.00. The van der Waals surface area contributed by atoms with Gasteiger partial charge in [0.2, 0.25) is 10.0 Å². The van der Waals surface area contributed by atoms with E-state index in [2.05, 4.69) is 4.72 Å². The molecule has 0 aliphatic rings. The van der Waals surface area contributed by atoms with Crippen LogP contribution < -0.4 is 4.72 Å². The molecular weight excluding hydrogens is 290 g/mol. The van der Waals surface area contributed by atoms with Crippen LogP contribution in [0.3, 0.4) is 0 Å². The van der Waals surface area contributed by atoms with Gasteiger partial charge in [-0.3, -0.25) is 0 Å². The van der Waals surface area contributed by atoms with Gasteiger partial charge in [0, 0.05) is 18.2 Å². The van der Waals surface area contributed by atoms with Crippen molar-refractivity contribution in [2.45, 2.75) is 18.2 Å². The van der Waals surface area contributed by atoms with E-state index < -0.39 is 10.0 Å². The molecule has 0 saturated carbocycles. The van der Waals surface area contributed by atoms with Crippen molar-refractivity contribution in [3.05, 3.63) is 28.8 Å². The lowest BCUT2D eigenvalue weighted by Gasteiger charge is -2.09. The van der Waals surface area contributed by atoms with Crippen molar-refractivity contribution in [2.24, 2.45) is 0 Å². The lowest BCUT2D eigenvalue weighted by molar-refractivity contribution is 0.0913. The van der Waals surface area contributed by atoms with Gasteiger partial charge in [0.05, 0.1) is 18.1 Å². The standard InChI is InChI=1S/C12H18ClNO4S/c1-10-9-11(13)3-4-12(10)19(16,17)14-5-2-7-18-8-6-15/h3-4,9,14-15H,2,5-8H2,1H3. The summed E-state index contributed by atoms with van der Waals surface area (Å²) in [7, 11) is -3.51. The number of hydrogen-bond acceptors (Lipinski definition) is 4. The van der Waals surface area contributed by atoms with Crippen molar-refractivity contribution in [1.82, 2.24) is 4.72 Å². The summed E-state index contributed by atoms with van der Waals surface area (Å²) in [5.74, 6) is 0. The number of aryl methyl sites for hydroxylation is 1. The van der Waals surface area contributed by atoms with Crippen LogP contribution in [0.25, 0.3) is 0 Å². The van der Waals surface area contributed by atoms with Crippen molar-refractivity contribution in [2.75, 3.05) is 26.4 Å². The Bertz CT molecular complexity index is 504. The van der Waals surface area contributed by atoms with Crippen molar-refractivity contribution >= 4 is 21.6 Å². The summed E-state index contributed by atoms with van der Waals surface area (Å²) in [4.78, 5) is 0.230. The van der Waals surface area contributed by atoms with Gasteiger partial charge in [0.25, 0.3) is 0 Å². The molecule has 0 amide bonds. The maximum atomic E-state index is 12.0. The Labute approximate surface area is 118 Å². The van der Waals surface area contributed by atoms with Crippen LogP contribution >= 0.6 is 11.6 Å². The maximum Gasteiger partial charge on any atom is 0.240 e. The number of rotatable bonds is 8. The lowest BCUT2D eigenvalue weighted by Crippen LogP contribution is -2.26. The highest BCUT2D eigenvalue weighted by Gasteiger charge is 2.15. The van der Waals surface area contributed by atoms with Gasteiger partial charge < -0.3 is 9.84 Å². The average Bonchev–Trinajstić information content (AvgIpc) is 2.33. The monoisotopic (exact) mass is 307 g/mol. The zero-order chi connectivity index (χ0) is 14.3. The minimum absolute atomic E-state index is 0.0320. The van der Waals surface area contributed by atoms with Gasteiger partial charge in [0.15, 0.2) is 0 Å². The van der Waals surface area contributed by atoms with Crippen LogP contribution in [0.2, 0.25) is 5.02 Å². The summed E-state index contributed by atoms with van der Waals surface area (Å²) in [6.07, 6.45) is 0.547. The van der Waals surface area contributed by atoms with Gasteiger partial charge in [-0.2, -0.15) is 0 Å². The summed E-state index contributed by atoms with van der Waals surface area (Å²) in [6.45, 7) is 2.63. The average molecular weight is 308 g/mol. The number of halogens is 1. The van der Waals surface area contributed by atoms with Crippen molar-refractivity contribution in [1.29, 1.82) is 0 Å². The number of aliphatic hydroxyl groups is 1. The highest BCUT2D eigenvalue weighted by atomic mass is 35.5. The second-order valence-corrected chi connectivity index (χ2v) is 6.17. The first-order valence-corrected chi connectivity index (χ1v) is 7.78. The molecule has 5 nitrogen and oxygen atoms in total. The number of ether oxygens (including phenoxy) is 1. The Morgan fingerprint density at radius 1 is 1.37 bits per heavy atom. The molecule has 0 bridgehead atoms. The van der Waals surface area contributed by atoms with Gasteiger partial charge in [0.1, 0.15) is 0 Å². The third-order valence-electron chi connectivity index (χ3n) is 2.42. The number of benzene rings is 1. The Kier molecular flexibility index (Phi) is 6.74. The van der Waals surface area contributed by atoms with E-state index >= 15 is 0 Å². The fraction of sp³-hybridized carbons (Fsp3) is 0.500. The summed E-state index contributed by atoms with van der Waals surface area (Å²) in [5, 5.41) is 9.01. The number of hydrogen-bond donors (Lipinski definition) is 2. The second kappa shape index (κ2) is 7.81. The number of nitrogens with one attached hydrogen (secondary N) is 1. The molecule has 0 unspecified atom stereocenters. The molecule has 0 aliphatic carbocycles. The molecule has 0 saturated heterocycles. The van der Waals surface area contributed by atoms with E-state index in [1.165, 1.54) is 6.07 Å². The minimum atomic E-state index is -3.51. The smallest absolute Gasteiger partial charge is 0.240 e. The molecule has 108 valence electrons. The van der Waals surface area contributed by atoms with Crippen molar-refractivity contribution in [3.8, 4) is 0 Å². The van der Waals surface area contributed by atoms with Crippen LogP contribution in [0.15, 0.2) is 23.1 Å². The molecule has 0 aliphatic heterocycles. The van der Waals surface area contributed by atoms with E-state index in [1.807, 2.05) is 0 Å². The summed E-state index contributed by atoms with van der Waals surface area (Å²) in [5.41, 5.74) is 0.608. The Morgan fingerprint density at radius 2 is 2.11 bits per heavy atom. The third kappa shape index (κ3) is 5.46. The third-order valence-corrected chi connectivity index (χ3v) is 4.28. The first-order valence-electron chi connectivity index (χ1n) is 5.92. The van der Waals surface area contributed by atoms with Crippen molar-refractivity contribution < 1.29 is 18.3 Å². The van der Waals surface area contributed by atoms with Crippen LogP contribution in [-0.2, 0) is 14.8 Å². The molecule has 1 aromatic carbocycles. The van der Waals surface area contributed by atoms with Gasteiger partial charge >= 0.3 is 0 Å². The molecule has 0 atom stereocenters. The molecule has 7 heteroatoms. The SMILES string of the molecule is Cc1cc(Cl)ccc1S(=O)(=O)NCCCOCCO. The van der Waals surface area contributed by atoms with E-state index in [1.54, 1.807) is 19.1 Å². The van der Waals surface area contributed by atoms with Crippen LogP contribution in [0.4, 0.5) is 0 Å². The number of aliphatic hydroxyl groups excluding tert-OH is 1. The fourth-order valence-electron chi connectivity index (χ4n) is 1.54. The van der Waals surface area contributed by atoms with Gasteiger partial charge in [-0.15, -0.1) is 0 Å². The molecule has 19 heavy (non-hydrogen) atoms. The first kappa shape index (κ1) is 16.4. The quantitative estimate of drug-likeness (QED) is 0.710. The minimum Gasteiger partial charge on any atom is -0.394 e. The van der Waals surface area contributed by atoms with E-state index in [0.717, 1.165) is 0 Å². The highest BCUT2D eigenvalue weighted by molar-refractivity contribution is 7.89. The number of sulfonamides is 1. The zero-order valence-electron chi connectivity index (χ0n) is 10.7. The molecule has 2 N–H and O–H groups in total. The van der Waals surface area contributed by atoms with E-state index in [-0.39, 0.29) is 24.7 Å². The highest BCUT2D eigenvalue weighted by Crippen LogP contribution is 2.19. The molecular formula is C12H18ClNO4S. The van der Waals surface area contributed by atoms with Crippen molar-refractivity contribution in [3.63, 3.8) is 0 Å². The van der Waals surface area contributed by atoms with Crippen LogP contribution in [0.1, 0.15) is 12.0 Å². The molecule has 0 radical (unpaired) electrons. The predicted molar refractivity (Wildman–Crippen MR) is 73.9 cm³/mol. The lowest BCUT2D eigenvalue weighted by atomic mass is 10.2. The molecule has 0 heterocycles.